The third-order valence-electron chi connectivity index (χ3n) is 5.84. The smallest absolute Gasteiger partial charge is 0.192 e. The standard InChI is InChI=1S/C29H33O3P/c1-19-14-21(3)26(22(4)15-19)28(30)33(13-12-32-18-25-10-8-7-9-11-25)29(31)27-23(5)16-20(2)17-24(27)6/h7-11,14-17H,12-13,18H2,1-6H3. The Kier molecular flexibility index (Phi) is 8.35. The summed E-state index contributed by atoms with van der Waals surface area (Å²) in [5.74, 6) is 0. The molecule has 0 saturated carbocycles. The molecule has 0 aliphatic rings. The van der Waals surface area contributed by atoms with E-state index in [0.29, 0.717) is 30.5 Å². The number of carbonyl (C=O) groups is 2. The van der Waals surface area contributed by atoms with Gasteiger partial charge in [0.25, 0.3) is 0 Å². The van der Waals surface area contributed by atoms with Crippen molar-refractivity contribution in [2.75, 3.05) is 12.8 Å². The molecule has 0 saturated heterocycles. The molecule has 4 heteroatoms. The minimum atomic E-state index is -1.60. The van der Waals surface area contributed by atoms with Crippen LogP contribution in [-0.4, -0.2) is 23.8 Å². The zero-order valence-corrected chi connectivity index (χ0v) is 21.4. The van der Waals surface area contributed by atoms with Crippen LogP contribution in [0.1, 0.15) is 59.7 Å². The van der Waals surface area contributed by atoms with E-state index < -0.39 is 7.92 Å². The molecule has 0 heterocycles. The van der Waals surface area contributed by atoms with Crippen LogP contribution in [0.5, 0.6) is 0 Å². The van der Waals surface area contributed by atoms with Crippen molar-refractivity contribution in [1.82, 2.24) is 0 Å². The summed E-state index contributed by atoms with van der Waals surface area (Å²) < 4.78 is 5.89. The molecule has 0 radical (unpaired) electrons. The number of hydrogen-bond acceptors (Lipinski definition) is 3. The van der Waals surface area contributed by atoms with Crippen molar-refractivity contribution >= 4 is 19.0 Å². The molecule has 0 amide bonds. The van der Waals surface area contributed by atoms with Crippen LogP contribution >= 0.6 is 7.92 Å². The van der Waals surface area contributed by atoms with E-state index in [1.165, 1.54) is 0 Å². The highest BCUT2D eigenvalue weighted by Gasteiger charge is 2.31. The summed E-state index contributed by atoms with van der Waals surface area (Å²) in [5, 5.41) is 0. The summed E-state index contributed by atoms with van der Waals surface area (Å²) in [7, 11) is -1.60. The van der Waals surface area contributed by atoms with E-state index in [4.69, 9.17) is 4.74 Å². The second-order valence-corrected chi connectivity index (χ2v) is 11.0. The molecule has 172 valence electrons. The Morgan fingerprint density at radius 2 is 1.12 bits per heavy atom. The van der Waals surface area contributed by atoms with E-state index in [-0.39, 0.29) is 11.0 Å². The zero-order chi connectivity index (χ0) is 24.1. The lowest BCUT2D eigenvalue weighted by Gasteiger charge is -2.20. The number of hydrogen-bond donors (Lipinski definition) is 0. The minimum Gasteiger partial charge on any atom is -0.376 e. The summed E-state index contributed by atoms with van der Waals surface area (Å²) in [5.41, 5.74) is 8.31. The maximum Gasteiger partial charge on any atom is 0.192 e. The summed E-state index contributed by atoms with van der Waals surface area (Å²) in [6.45, 7) is 12.7. The molecule has 33 heavy (non-hydrogen) atoms. The van der Waals surface area contributed by atoms with Crippen LogP contribution in [0, 0.1) is 41.5 Å². The lowest BCUT2D eigenvalue weighted by molar-refractivity contribution is 0.104. The van der Waals surface area contributed by atoms with Crippen molar-refractivity contribution < 1.29 is 14.3 Å². The first-order valence-corrected chi connectivity index (χ1v) is 12.8. The van der Waals surface area contributed by atoms with Crippen molar-refractivity contribution in [1.29, 1.82) is 0 Å². The molecule has 3 aromatic rings. The number of carbonyl (C=O) groups excluding carboxylic acids is 2. The van der Waals surface area contributed by atoms with Crippen LogP contribution in [0.25, 0.3) is 0 Å². The Morgan fingerprint density at radius 3 is 1.55 bits per heavy atom. The van der Waals surface area contributed by atoms with Crippen LogP contribution < -0.4 is 0 Å². The minimum absolute atomic E-state index is 0.0484. The molecule has 0 bridgehead atoms. The highest BCUT2D eigenvalue weighted by atomic mass is 31.1. The monoisotopic (exact) mass is 460 g/mol. The van der Waals surface area contributed by atoms with E-state index in [9.17, 15) is 9.59 Å². The van der Waals surface area contributed by atoms with Crippen molar-refractivity contribution in [2.24, 2.45) is 0 Å². The molecule has 3 rings (SSSR count). The van der Waals surface area contributed by atoms with Gasteiger partial charge < -0.3 is 4.74 Å². The first-order chi connectivity index (χ1) is 15.7. The van der Waals surface area contributed by atoms with E-state index in [2.05, 4.69) is 0 Å². The summed E-state index contributed by atoms with van der Waals surface area (Å²) in [4.78, 5) is 27.6. The molecule has 3 nitrogen and oxygen atoms in total. The van der Waals surface area contributed by atoms with Gasteiger partial charge >= 0.3 is 0 Å². The van der Waals surface area contributed by atoms with E-state index in [1.807, 2.05) is 96.1 Å². The third kappa shape index (κ3) is 6.05. The SMILES string of the molecule is Cc1cc(C)c(C(=O)P(CCOCc2ccccc2)C(=O)c2c(C)cc(C)cc2C)c(C)c1. The second-order valence-electron chi connectivity index (χ2n) is 8.85. The second kappa shape index (κ2) is 11.0. The van der Waals surface area contributed by atoms with Crippen molar-refractivity contribution in [3.05, 3.63) is 105 Å². The normalized spacial score (nSPS) is 11.1. The quantitative estimate of drug-likeness (QED) is 0.250. The lowest BCUT2D eigenvalue weighted by Crippen LogP contribution is -2.16. The Bertz CT molecular complexity index is 1050. The highest BCUT2D eigenvalue weighted by Crippen LogP contribution is 2.45. The van der Waals surface area contributed by atoms with Gasteiger partial charge in [0.2, 0.25) is 0 Å². The third-order valence-corrected chi connectivity index (χ3v) is 7.90. The Labute approximate surface area is 198 Å². The first-order valence-electron chi connectivity index (χ1n) is 11.3. The Morgan fingerprint density at radius 1 is 0.697 bits per heavy atom. The fourth-order valence-corrected chi connectivity index (χ4v) is 6.67. The molecule has 0 aromatic heterocycles. The Hall–Kier alpha value is -2.61. The molecule has 0 N–H and O–H groups in total. The van der Waals surface area contributed by atoms with Crippen LogP contribution in [0.15, 0.2) is 54.6 Å². The Balaban J connectivity index is 1.91. The van der Waals surface area contributed by atoms with Gasteiger partial charge in [-0.15, -0.1) is 0 Å². The van der Waals surface area contributed by atoms with Crippen molar-refractivity contribution in [3.63, 3.8) is 0 Å². The molecule has 0 aliphatic heterocycles. The number of ether oxygens (including phenoxy) is 1. The summed E-state index contributed by atoms with van der Waals surface area (Å²) in [6, 6.07) is 18.0. The van der Waals surface area contributed by atoms with Gasteiger partial charge in [0.1, 0.15) is 0 Å². The molecule has 0 aliphatic carbocycles. The van der Waals surface area contributed by atoms with Crippen molar-refractivity contribution in [2.45, 2.75) is 48.1 Å². The van der Waals surface area contributed by atoms with Gasteiger partial charge in [-0.25, -0.2) is 0 Å². The van der Waals surface area contributed by atoms with E-state index in [1.54, 1.807) is 0 Å². The first kappa shape index (κ1) is 25.0. The number of benzene rings is 3. The molecule has 0 unspecified atom stereocenters. The van der Waals surface area contributed by atoms with Gasteiger partial charge in [-0.05, 0) is 69.4 Å². The van der Waals surface area contributed by atoms with Crippen molar-refractivity contribution in [3.8, 4) is 0 Å². The lowest BCUT2D eigenvalue weighted by atomic mass is 10.0. The molecular weight excluding hydrogens is 427 g/mol. The van der Waals surface area contributed by atoms with E-state index in [0.717, 1.165) is 38.9 Å². The molecular formula is C29H33O3P. The maximum absolute atomic E-state index is 13.8. The molecule has 0 atom stereocenters. The van der Waals surface area contributed by atoms with Gasteiger partial charge in [-0.2, -0.15) is 0 Å². The number of aryl methyl sites for hydroxylation is 6. The van der Waals surface area contributed by atoms with Crippen LogP contribution in [0.3, 0.4) is 0 Å². The maximum atomic E-state index is 13.8. The summed E-state index contributed by atoms with van der Waals surface area (Å²) >= 11 is 0. The predicted octanol–water partition coefficient (Wildman–Crippen LogP) is 7.22. The van der Waals surface area contributed by atoms with Crippen LogP contribution in [0.2, 0.25) is 0 Å². The largest absolute Gasteiger partial charge is 0.376 e. The zero-order valence-electron chi connectivity index (χ0n) is 20.5. The summed E-state index contributed by atoms with van der Waals surface area (Å²) in [6.07, 6.45) is 0.416. The van der Waals surface area contributed by atoms with Gasteiger partial charge in [0.15, 0.2) is 11.0 Å². The van der Waals surface area contributed by atoms with Gasteiger partial charge in [0, 0.05) is 25.2 Å². The predicted molar refractivity (Wildman–Crippen MR) is 138 cm³/mol. The number of rotatable bonds is 9. The van der Waals surface area contributed by atoms with E-state index >= 15 is 0 Å². The fraction of sp³-hybridized carbons (Fsp3) is 0.310. The average Bonchev–Trinajstić information content (AvgIpc) is 2.72. The van der Waals surface area contributed by atoms with Gasteiger partial charge in [-0.1, -0.05) is 65.7 Å². The molecule has 0 spiro atoms. The fourth-order valence-electron chi connectivity index (χ4n) is 4.52. The van der Waals surface area contributed by atoms with Crippen LogP contribution in [0.4, 0.5) is 0 Å². The average molecular weight is 461 g/mol. The highest BCUT2D eigenvalue weighted by molar-refractivity contribution is 7.90. The van der Waals surface area contributed by atoms with Gasteiger partial charge in [-0.3, -0.25) is 9.59 Å². The van der Waals surface area contributed by atoms with Gasteiger partial charge in [0.05, 0.1) is 13.2 Å². The topological polar surface area (TPSA) is 43.4 Å². The van der Waals surface area contributed by atoms with Crippen LogP contribution in [-0.2, 0) is 11.3 Å². The molecule has 3 aromatic carbocycles. The molecule has 0 fully saturated rings.